The monoisotopic (exact) mass is 476 g/mol. The quantitative estimate of drug-likeness (QED) is 0.277. The summed E-state index contributed by atoms with van der Waals surface area (Å²) >= 11 is 0. The molecule has 0 spiro atoms. The van der Waals surface area contributed by atoms with Crippen molar-refractivity contribution in [2.75, 3.05) is 5.32 Å². The fourth-order valence-electron chi connectivity index (χ4n) is 3.61. The van der Waals surface area contributed by atoms with Gasteiger partial charge in [0.2, 0.25) is 0 Å². The van der Waals surface area contributed by atoms with Crippen molar-refractivity contribution in [1.29, 1.82) is 0 Å². The lowest BCUT2D eigenvalue weighted by molar-refractivity contribution is 0.102. The van der Waals surface area contributed by atoms with Crippen LogP contribution in [0.15, 0.2) is 109 Å². The largest absolute Gasteiger partial charge is 0.489 e. The van der Waals surface area contributed by atoms with Gasteiger partial charge in [-0.3, -0.25) is 14.9 Å². The van der Waals surface area contributed by atoms with Crippen LogP contribution in [0.1, 0.15) is 21.6 Å². The van der Waals surface area contributed by atoms with Crippen molar-refractivity contribution in [3.8, 4) is 22.8 Å². The van der Waals surface area contributed by atoms with Crippen molar-refractivity contribution in [2.45, 2.75) is 13.2 Å². The number of benzene rings is 3. The van der Waals surface area contributed by atoms with Crippen LogP contribution in [0.5, 0.6) is 11.5 Å². The highest BCUT2D eigenvalue weighted by atomic mass is 16.5. The molecule has 0 unspecified atom stereocenters. The molecule has 0 atom stereocenters. The molecule has 5 aromatic rings. The van der Waals surface area contributed by atoms with Crippen molar-refractivity contribution in [3.63, 3.8) is 0 Å². The molecular formula is C29H24N4O3. The number of amides is 1. The van der Waals surface area contributed by atoms with E-state index in [1.54, 1.807) is 30.6 Å². The van der Waals surface area contributed by atoms with Gasteiger partial charge >= 0.3 is 0 Å². The first-order chi connectivity index (χ1) is 17.7. The normalized spacial score (nSPS) is 10.6. The summed E-state index contributed by atoms with van der Waals surface area (Å²) in [5.74, 6) is 0.974. The molecule has 7 nitrogen and oxygen atoms in total. The number of ether oxygens (including phenoxy) is 2. The standard InChI is InChI=1S/C29H24N4O3/c34-29(31-23-12-7-15-30-18-23)27-17-26(32-33-27)25-14-13-24(35-19-21-8-3-1-4-9-21)16-28(25)36-20-22-10-5-2-6-11-22/h1-18H,19-20H2,(H,31,34)(H,32,33). The summed E-state index contributed by atoms with van der Waals surface area (Å²) in [5, 5.41) is 9.98. The zero-order valence-electron chi connectivity index (χ0n) is 19.4. The summed E-state index contributed by atoms with van der Waals surface area (Å²) in [6, 6.07) is 30.7. The van der Waals surface area contributed by atoms with Crippen LogP contribution in [-0.2, 0) is 13.2 Å². The lowest BCUT2D eigenvalue weighted by Crippen LogP contribution is -2.12. The smallest absolute Gasteiger partial charge is 0.273 e. The molecule has 0 fully saturated rings. The number of H-pyrrole nitrogens is 1. The molecule has 0 saturated carbocycles. The van der Waals surface area contributed by atoms with Gasteiger partial charge in [-0.15, -0.1) is 0 Å². The molecule has 0 saturated heterocycles. The van der Waals surface area contributed by atoms with Gasteiger partial charge < -0.3 is 14.8 Å². The summed E-state index contributed by atoms with van der Waals surface area (Å²) in [7, 11) is 0. The molecule has 7 heteroatoms. The molecule has 36 heavy (non-hydrogen) atoms. The van der Waals surface area contributed by atoms with Gasteiger partial charge in [0.15, 0.2) is 0 Å². The van der Waals surface area contributed by atoms with Gasteiger partial charge in [-0.25, -0.2) is 0 Å². The third kappa shape index (κ3) is 5.77. The van der Waals surface area contributed by atoms with Gasteiger partial charge in [-0.05, 0) is 41.5 Å². The lowest BCUT2D eigenvalue weighted by Gasteiger charge is -2.13. The maximum Gasteiger partial charge on any atom is 0.273 e. The molecule has 0 aliphatic rings. The molecule has 0 bridgehead atoms. The Kier molecular flexibility index (Phi) is 6.99. The van der Waals surface area contributed by atoms with Crippen molar-refractivity contribution in [1.82, 2.24) is 15.2 Å². The molecule has 0 radical (unpaired) electrons. The lowest BCUT2D eigenvalue weighted by atomic mass is 10.1. The molecule has 5 rings (SSSR count). The Morgan fingerprint density at radius 2 is 1.53 bits per heavy atom. The highest BCUT2D eigenvalue weighted by Gasteiger charge is 2.16. The molecule has 2 N–H and O–H groups in total. The predicted octanol–water partition coefficient (Wildman–Crippen LogP) is 5.88. The molecule has 3 aromatic carbocycles. The number of nitrogens with one attached hydrogen (secondary N) is 2. The number of aromatic nitrogens is 3. The van der Waals surface area contributed by atoms with E-state index < -0.39 is 0 Å². The van der Waals surface area contributed by atoms with E-state index in [4.69, 9.17) is 9.47 Å². The van der Waals surface area contributed by atoms with Crippen molar-refractivity contribution in [3.05, 3.63) is 126 Å². The maximum atomic E-state index is 12.7. The second-order valence-electron chi connectivity index (χ2n) is 8.07. The Morgan fingerprint density at radius 1 is 0.806 bits per heavy atom. The Morgan fingerprint density at radius 3 is 2.22 bits per heavy atom. The number of hydrogen-bond donors (Lipinski definition) is 2. The van der Waals surface area contributed by atoms with E-state index in [2.05, 4.69) is 20.5 Å². The predicted molar refractivity (Wildman–Crippen MR) is 138 cm³/mol. The van der Waals surface area contributed by atoms with Gasteiger partial charge in [0.1, 0.15) is 30.4 Å². The second-order valence-corrected chi connectivity index (χ2v) is 8.07. The van der Waals surface area contributed by atoms with E-state index in [0.717, 1.165) is 16.7 Å². The van der Waals surface area contributed by atoms with Crippen LogP contribution in [0.25, 0.3) is 11.3 Å². The molecule has 0 aliphatic heterocycles. The van der Waals surface area contributed by atoms with Gasteiger partial charge in [-0.1, -0.05) is 60.7 Å². The highest BCUT2D eigenvalue weighted by molar-refractivity contribution is 6.03. The van der Waals surface area contributed by atoms with Gasteiger partial charge in [0.25, 0.3) is 5.91 Å². The van der Waals surface area contributed by atoms with E-state index in [1.165, 1.54) is 0 Å². The van der Waals surface area contributed by atoms with Crippen LogP contribution in [0.2, 0.25) is 0 Å². The first kappa shape index (κ1) is 22.9. The fraction of sp³-hybridized carbons (Fsp3) is 0.0690. The second kappa shape index (κ2) is 11.0. The van der Waals surface area contributed by atoms with Crippen LogP contribution < -0.4 is 14.8 Å². The number of rotatable bonds is 9. The van der Waals surface area contributed by atoms with Crippen LogP contribution in [0, 0.1) is 0 Å². The van der Waals surface area contributed by atoms with E-state index in [-0.39, 0.29) is 5.91 Å². The van der Waals surface area contributed by atoms with Gasteiger partial charge in [0.05, 0.1) is 17.6 Å². The first-order valence-electron chi connectivity index (χ1n) is 11.5. The third-order valence-corrected chi connectivity index (χ3v) is 5.46. The van der Waals surface area contributed by atoms with Crippen LogP contribution in [0.4, 0.5) is 5.69 Å². The zero-order valence-corrected chi connectivity index (χ0v) is 19.4. The number of carbonyl (C=O) groups excluding carboxylic acids is 1. The molecular weight excluding hydrogens is 452 g/mol. The Bertz CT molecular complexity index is 1420. The van der Waals surface area contributed by atoms with E-state index in [0.29, 0.717) is 41.8 Å². The Hall–Kier alpha value is -4.91. The summed E-state index contributed by atoms with van der Waals surface area (Å²) in [4.78, 5) is 16.7. The highest BCUT2D eigenvalue weighted by Crippen LogP contribution is 2.34. The van der Waals surface area contributed by atoms with Crippen molar-refractivity contribution < 1.29 is 14.3 Å². The molecule has 0 aliphatic carbocycles. The van der Waals surface area contributed by atoms with E-state index in [1.807, 2.05) is 78.9 Å². The number of nitrogens with zero attached hydrogens (tertiary/aromatic N) is 2. The number of pyridine rings is 1. The van der Waals surface area contributed by atoms with E-state index in [9.17, 15) is 4.79 Å². The maximum absolute atomic E-state index is 12.7. The van der Waals surface area contributed by atoms with Crippen LogP contribution in [-0.4, -0.2) is 21.1 Å². The topological polar surface area (TPSA) is 89.1 Å². The number of anilines is 1. The van der Waals surface area contributed by atoms with Crippen LogP contribution in [0.3, 0.4) is 0 Å². The fourth-order valence-corrected chi connectivity index (χ4v) is 3.61. The van der Waals surface area contributed by atoms with Crippen molar-refractivity contribution >= 4 is 11.6 Å². The zero-order chi connectivity index (χ0) is 24.6. The molecule has 1 amide bonds. The first-order valence-corrected chi connectivity index (χ1v) is 11.5. The van der Waals surface area contributed by atoms with E-state index >= 15 is 0 Å². The Balaban J connectivity index is 1.37. The van der Waals surface area contributed by atoms with Crippen LogP contribution >= 0.6 is 0 Å². The van der Waals surface area contributed by atoms with Gasteiger partial charge in [0, 0.05) is 17.8 Å². The minimum absolute atomic E-state index is 0.309. The average Bonchev–Trinajstić information content (AvgIpc) is 3.43. The average molecular weight is 477 g/mol. The summed E-state index contributed by atoms with van der Waals surface area (Å²) in [6.07, 6.45) is 3.23. The molecule has 178 valence electrons. The summed E-state index contributed by atoms with van der Waals surface area (Å²) < 4.78 is 12.2. The number of carbonyl (C=O) groups is 1. The minimum atomic E-state index is -0.309. The number of hydrogen-bond acceptors (Lipinski definition) is 5. The minimum Gasteiger partial charge on any atom is -0.489 e. The van der Waals surface area contributed by atoms with Crippen molar-refractivity contribution in [2.24, 2.45) is 0 Å². The van der Waals surface area contributed by atoms with Gasteiger partial charge in [-0.2, -0.15) is 5.10 Å². The summed E-state index contributed by atoms with van der Waals surface area (Å²) in [5.41, 5.74) is 4.37. The molecule has 2 aromatic heterocycles. The SMILES string of the molecule is O=C(Nc1cccnc1)c1cc(-c2ccc(OCc3ccccc3)cc2OCc2ccccc2)n[nH]1. The summed E-state index contributed by atoms with van der Waals surface area (Å²) in [6.45, 7) is 0.828. The number of aromatic amines is 1. The third-order valence-electron chi connectivity index (χ3n) is 5.46. The Labute approximate surface area is 208 Å². The molecule has 2 heterocycles.